The van der Waals surface area contributed by atoms with E-state index in [-0.39, 0.29) is 30.9 Å². The number of methoxy groups -OCH3 is 2. The molecule has 2 aliphatic heterocycles. The molecule has 2 N–H and O–H groups in total. The van der Waals surface area contributed by atoms with Gasteiger partial charge in [0.2, 0.25) is 5.91 Å². The molecule has 3 rings (SSSR count). The summed E-state index contributed by atoms with van der Waals surface area (Å²) in [5.41, 5.74) is 0.725. The van der Waals surface area contributed by atoms with Crippen molar-refractivity contribution in [2.45, 2.75) is 18.8 Å². The Kier molecular flexibility index (Phi) is 5.79. The number of hydrogen-bond donors (Lipinski definition) is 2. The molecule has 9 heteroatoms. The molecular formula is C17H23N3O6. The molecule has 0 saturated carbocycles. The van der Waals surface area contributed by atoms with Gasteiger partial charge in [-0.25, -0.2) is 4.79 Å². The van der Waals surface area contributed by atoms with Crippen LogP contribution in [0, 0.1) is 0 Å². The van der Waals surface area contributed by atoms with E-state index in [4.69, 9.17) is 18.9 Å². The second-order valence-corrected chi connectivity index (χ2v) is 5.99. The maximum absolute atomic E-state index is 12.3. The molecule has 26 heavy (non-hydrogen) atoms. The lowest BCUT2D eigenvalue weighted by atomic mass is 10.2. The third-order valence-corrected chi connectivity index (χ3v) is 4.25. The van der Waals surface area contributed by atoms with E-state index in [0.29, 0.717) is 31.3 Å². The van der Waals surface area contributed by atoms with E-state index in [1.165, 1.54) is 14.2 Å². The molecule has 2 aliphatic rings. The molecule has 1 saturated heterocycles. The van der Waals surface area contributed by atoms with Crippen molar-refractivity contribution in [1.82, 2.24) is 10.6 Å². The van der Waals surface area contributed by atoms with Crippen LogP contribution in [0.5, 0.6) is 11.5 Å². The van der Waals surface area contributed by atoms with Crippen LogP contribution in [-0.2, 0) is 14.3 Å². The van der Waals surface area contributed by atoms with E-state index in [0.717, 1.165) is 5.69 Å². The first-order valence-corrected chi connectivity index (χ1v) is 8.40. The van der Waals surface area contributed by atoms with Crippen molar-refractivity contribution in [1.29, 1.82) is 0 Å². The van der Waals surface area contributed by atoms with Gasteiger partial charge in [-0.1, -0.05) is 0 Å². The van der Waals surface area contributed by atoms with Gasteiger partial charge in [-0.15, -0.1) is 0 Å². The molecule has 1 aromatic rings. The summed E-state index contributed by atoms with van der Waals surface area (Å²) in [4.78, 5) is 25.9. The number of hydrogen-bond acceptors (Lipinski definition) is 6. The summed E-state index contributed by atoms with van der Waals surface area (Å²) < 4.78 is 21.1. The second-order valence-electron chi connectivity index (χ2n) is 5.99. The quantitative estimate of drug-likeness (QED) is 0.712. The Balaban J connectivity index is 1.56. The van der Waals surface area contributed by atoms with Crippen molar-refractivity contribution in [2.75, 3.05) is 45.4 Å². The van der Waals surface area contributed by atoms with Crippen molar-refractivity contribution in [3.63, 3.8) is 0 Å². The number of nitrogens with zero attached hydrogens (tertiary/aromatic N) is 1. The lowest BCUT2D eigenvalue weighted by molar-refractivity contribution is -0.117. The number of rotatable bonds is 6. The summed E-state index contributed by atoms with van der Waals surface area (Å²) in [5, 5.41) is 5.45. The summed E-state index contributed by atoms with van der Waals surface area (Å²) in [7, 11) is 2.99. The van der Waals surface area contributed by atoms with Crippen molar-refractivity contribution < 1.29 is 28.5 Å². The van der Waals surface area contributed by atoms with Gasteiger partial charge in [0.1, 0.15) is 13.2 Å². The van der Waals surface area contributed by atoms with E-state index in [9.17, 15) is 9.59 Å². The van der Waals surface area contributed by atoms with E-state index in [2.05, 4.69) is 10.6 Å². The molecule has 142 valence electrons. The van der Waals surface area contributed by atoms with Crippen molar-refractivity contribution in [3.05, 3.63) is 18.2 Å². The molecule has 3 amide bonds. The van der Waals surface area contributed by atoms with Crippen LogP contribution in [0.2, 0.25) is 0 Å². The topological polar surface area (TPSA) is 98.4 Å². The highest BCUT2D eigenvalue weighted by Crippen LogP contribution is 2.35. The van der Waals surface area contributed by atoms with Gasteiger partial charge in [-0.3, -0.25) is 4.79 Å². The monoisotopic (exact) mass is 365 g/mol. The maximum atomic E-state index is 12.3. The minimum absolute atomic E-state index is 0.0568. The van der Waals surface area contributed by atoms with Crippen LogP contribution < -0.4 is 25.0 Å². The van der Waals surface area contributed by atoms with Crippen LogP contribution in [-0.4, -0.2) is 64.8 Å². The summed E-state index contributed by atoms with van der Waals surface area (Å²) >= 11 is 0. The number of anilines is 1. The number of carbonyl (C=O) groups is 2. The number of nitrogens with one attached hydrogen (secondary N) is 2. The number of carbonyl (C=O) groups excluding carboxylic acids is 2. The van der Waals surface area contributed by atoms with Crippen LogP contribution in [0.1, 0.15) is 6.42 Å². The predicted molar refractivity (Wildman–Crippen MR) is 92.5 cm³/mol. The van der Waals surface area contributed by atoms with Crippen LogP contribution in [0.4, 0.5) is 10.5 Å². The predicted octanol–water partition coefficient (Wildman–Crippen LogP) is 0.481. The van der Waals surface area contributed by atoms with Crippen LogP contribution in [0.3, 0.4) is 0 Å². The molecule has 1 aromatic carbocycles. The van der Waals surface area contributed by atoms with Gasteiger partial charge in [0.25, 0.3) is 0 Å². The molecular weight excluding hydrogens is 342 g/mol. The molecule has 0 spiro atoms. The average Bonchev–Trinajstić information content (AvgIpc) is 3.02. The highest BCUT2D eigenvalue weighted by Gasteiger charge is 2.32. The Morgan fingerprint density at radius 3 is 2.73 bits per heavy atom. The first-order valence-electron chi connectivity index (χ1n) is 8.40. The SMILES string of the molecule is COC(CNC(=O)N[C@H]1CC(=O)N(c2ccc3c(c2)OCCO3)C1)OC. The van der Waals surface area contributed by atoms with E-state index in [1.54, 1.807) is 17.0 Å². The number of ether oxygens (including phenoxy) is 4. The highest BCUT2D eigenvalue weighted by molar-refractivity contribution is 5.97. The summed E-state index contributed by atoms with van der Waals surface area (Å²) in [5.74, 6) is 1.24. The van der Waals surface area contributed by atoms with Crippen molar-refractivity contribution >= 4 is 17.6 Å². The fourth-order valence-corrected chi connectivity index (χ4v) is 2.93. The smallest absolute Gasteiger partial charge is 0.315 e. The minimum atomic E-state index is -0.514. The zero-order chi connectivity index (χ0) is 18.5. The van der Waals surface area contributed by atoms with E-state index in [1.807, 2.05) is 6.07 Å². The minimum Gasteiger partial charge on any atom is -0.486 e. The average molecular weight is 365 g/mol. The van der Waals surface area contributed by atoms with Gasteiger partial charge in [-0.2, -0.15) is 0 Å². The van der Waals surface area contributed by atoms with Gasteiger partial charge in [-0.05, 0) is 12.1 Å². The molecule has 1 atom stereocenters. The largest absolute Gasteiger partial charge is 0.486 e. The second kappa shape index (κ2) is 8.24. The third-order valence-electron chi connectivity index (χ3n) is 4.25. The molecule has 0 radical (unpaired) electrons. The molecule has 1 fully saturated rings. The molecule has 0 aromatic heterocycles. The summed E-state index contributed by atoms with van der Waals surface area (Å²) in [6.45, 7) is 1.61. The van der Waals surface area contributed by atoms with E-state index >= 15 is 0 Å². The van der Waals surface area contributed by atoms with Gasteiger partial charge < -0.3 is 34.5 Å². The fourth-order valence-electron chi connectivity index (χ4n) is 2.93. The molecule has 0 aliphatic carbocycles. The van der Waals surface area contributed by atoms with Gasteiger partial charge in [0, 0.05) is 38.9 Å². The lowest BCUT2D eigenvalue weighted by Crippen LogP contribution is -2.46. The van der Waals surface area contributed by atoms with Crippen molar-refractivity contribution in [3.8, 4) is 11.5 Å². The Morgan fingerprint density at radius 2 is 2.00 bits per heavy atom. The standard InChI is InChI=1S/C17H23N3O6/c1-23-16(24-2)9-18-17(22)19-11-7-15(21)20(10-11)12-3-4-13-14(8-12)26-6-5-25-13/h3-4,8,11,16H,5-7,9-10H2,1-2H3,(H2,18,19,22)/t11-/m0/s1. The van der Waals surface area contributed by atoms with Gasteiger partial charge >= 0.3 is 6.03 Å². The van der Waals surface area contributed by atoms with Crippen LogP contribution in [0.15, 0.2) is 18.2 Å². The Labute approximate surface area is 151 Å². The van der Waals surface area contributed by atoms with Gasteiger partial charge in [0.15, 0.2) is 17.8 Å². The Morgan fingerprint density at radius 1 is 1.27 bits per heavy atom. The zero-order valence-electron chi connectivity index (χ0n) is 14.8. The third kappa shape index (κ3) is 4.17. The number of fused-ring (bicyclic) bond motifs is 1. The molecule has 0 unspecified atom stereocenters. The van der Waals surface area contributed by atoms with Crippen LogP contribution >= 0.6 is 0 Å². The highest BCUT2D eigenvalue weighted by atomic mass is 16.7. The summed E-state index contributed by atoms with van der Waals surface area (Å²) in [6.07, 6.45) is -0.278. The van der Waals surface area contributed by atoms with Gasteiger partial charge in [0.05, 0.1) is 12.6 Å². The Hall–Kier alpha value is -2.52. The van der Waals surface area contributed by atoms with Crippen molar-refractivity contribution in [2.24, 2.45) is 0 Å². The first kappa shape index (κ1) is 18.3. The summed E-state index contributed by atoms with van der Waals surface area (Å²) in [6, 6.07) is 4.75. The lowest BCUT2D eigenvalue weighted by Gasteiger charge is -2.22. The first-order chi connectivity index (χ1) is 12.6. The molecule has 2 heterocycles. The maximum Gasteiger partial charge on any atom is 0.315 e. The molecule has 0 bridgehead atoms. The van der Waals surface area contributed by atoms with E-state index < -0.39 is 6.29 Å². The fraction of sp³-hybridized carbons (Fsp3) is 0.529. The zero-order valence-corrected chi connectivity index (χ0v) is 14.8. The number of urea groups is 1. The normalized spacial score (nSPS) is 19.0. The molecule has 9 nitrogen and oxygen atoms in total. The number of amides is 3. The number of benzene rings is 1. The Bertz CT molecular complexity index is 664. The van der Waals surface area contributed by atoms with Crippen LogP contribution in [0.25, 0.3) is 0 Å².